The molecular weight excluding hydrogens is 226 g/mol. The molecule has 6 heteroatoms. The van der Waals surface area contributed by atoms with Gasteiger partial charge in [-0.2, -0.15) is 0 Å². The molecule has 0 aliphatic rings. The third-order valence-corrected chi connectivity index (χ3v) is 2.31. The number of ether oxygens (including phenoxy) is 1. The van der Waals surface area contributed by atoms with Gasteiger partial charge in [-0.25, -0.2) is 0 Å². The molecule has 0 bridgehead atoms. The van der Waals surface area contributed by atoms with Crippen LogP contribution in [0.1, 0.15) is 28.4 Å². The summed E-state index contributed by atoms with van der Waals surface area (Å²) in [5, 5.41) is 18.1. The molecule has 1 rings (SSSR count). The van der Waals surface area contributed by atoms with E-state index in [0.717, 1.165) is 0 Å². The van der Waals surface area contributed by atoms with Crippen LogP contribution < -0.4 is 10.5 Å². The molecule has 6 nitrogen and oxygen atoms in total. The molecule has 0 fully saturated rings. The predicted molar refractivity (Wildman–Crippen MR) is 59.2 cm³/mol. The zero-order valence-electron chi connectivity index (χ0n) is 9.21. The first-order valence-corrected chi connectivity index (χ1v) is 4.83. The van der Waals surface area contributed by atoms with Gasteiger partial charge in [-0.05, 0) is 17.7 Å². The number of carboxylic acid groups (broad SMARTS) is 1. The molecule has 0 saturated heterocycles. The first kappa shape index (κ1) is 13.0. The Morgan fingerprint density at radius 1 is 1.59 bits per heavy atom. The third-order valence-electron chi connectivity index (χ3n) is 2.31. The number of phenols is 1. The number of hydrogen-bond acceptors (Lipinski definition) is 5. The van der Waals surface area contributed by atoms with Crippen molar-refractivity contribution in [1.29, 1.82) is 0 Å². The molecule has 1 aromatic carbocycles. The minimum Gasteiger partial charge on any atom is -0.504 e. The number of aromatic hydroxyl groups is 1. The van der Waals surface area contributed by atoms with E-state index in [0.29, 0.717) is 11.8 Å². The van der Waals surface area contributed by atoms with E-state index >= 15 is 0 Å². The van der Waals surface area contributed by atoms with E-state index in [1.165, 1.54) is 19.2 Å². The Kier molecular flexibility index (Phi) is 4.06. The summed E-state index contributed by atoms with van der Waals surface area (Å²) in [6.07, 6.45) is 0.199. The minimum absolute atomic E-state index is 0.145. The lowest BCUT2D eigenvalue weighted by Gasteiger charge is -2.14. The van der Waals surface area contributed by atoms with E-state index in [1.807, 2.05) is 0 Å². The second kappa shape index (κ2) is 5.31. The van der Waals surface area contributed by atoms with E-state index in [1.54, 1.807) is 0 Å². The van der Waals surface area contributed by atoms with E-state index < -0.39 is 12.0 Å². The monoisotopic (exact) mass is 239 g/mol. The van der Waals surface area contributed by atoms with Gasteiger partial charge >= 0.3 is 5.97 Å². The van der Waals surface area contributed by atoms with Crippen LogP contribution in [0.5, 0.6) is 11.5 Å². The lowest BCUT2D eigenvalue weighted by atomic mass is 9.98. The van der Waals surface area contributed by atoms with Crippen LogP contribution in [0.3, 0.4) is 0 Å². The summed E-state index contributed by atoms with van der Waals surface area (Å²) in [7, 11) is 1.35. The molecule has 0 saturated carbocycles. The molecule has 0 spiro atoms. The summed E-state index contributed by atoms with van der Waals surface area (Å²) in [6.45, 7) is 0. The van der Waals surface area contributed by atoms with Crippen LogP contribution in [0, 0.1) is 0 Å². The zero-order chi connectivity index (χ0) is 13.0. The number of aldehydes is 1. The van der Waals surface area contributed by atoms with Gasteiger partial charge in [-0.15, -0.1) is 0 Å². The Balaban J connectivity index is 3.20. The Hall–Kier alpha value is -2.08. The summed E-state index contributed by atoms with van der Waals surface area (Å²) < 4.78 is 4.87. The molecule has 4 N–H and O–H groups in total. The number of rotatable bonds is 5. The van der Waals surface area contributed by atoms with Crippen molar-refractivity contribution in [2.45, 2.75) is 12.5 Å². The lowest BCUT2D eigenvalue weighted by molar-refractivity contribution is -0.137. The maximum atomic E-state index is 10.8. The Morgan fingerprint density at radius 3 is 2.71 bits per heavy atom. The van der Waals surface area contributed by atoms with Gasteiger partial charge in [0.15, 0.2) is 17.8 Å². The molecule has 92 valence electrons. The number of hydrogen-bond donors (Lipinski definition) is 3. The van der Waals surface area contributed by atoms with Gasteiger partial charge in [0, 0.05) is 11.6 Å². The van der Waals surface area contributed by atoms with Crippen LogP contribution in [0.25, 0.3) is 0 Å². The van der Waals surface area contributed by atoms with Gasteiger partial charge in [0.2, 0.25) is 0 Å². The normalized spacial score (nSPS) is 11.9. The maximum Gasteiger partial charge on any atom is 0.305 e. The highest BCUT2D eigenvalue weighted by atomic mass is 16.5. The van der Waals surface area contributed by atoms with Crippen molar-refractivity contribution in [3.63, 3.8) is 0 Å². The SMILES string of the molecule is COc1cc(C(N)CC(=O)O)c(C=O)cc1O. The summed E-state index contributed by atoms with van der Waals surface area (Å²) in [4.78, 5) is 21.4. The van der Waals surface area contributed by atoms with Crippen molar-refractivity contribution in [1.82, 2.24) is 0 Å². The predicted octanol–water partition coefficient (Wildman–Crippen LogP) is 0.688. The molecular formula is C11H13NO5. The number of carboxylic acids is 1. The average Bonchev–Trinajstić information content (AvgIpc) is 2.27. The van der Waals surface area contributed by atoms with E-state index in [-0.39, 0.29) is 23.5 Å². The Bertz CT molecular complexity index is 444. The molecule has 0 aliphatic carbocycles. The lowest BCUT2D eigenvalue weighted by Crippen LogP contribution is -2.16. The van der Waals surface area contributed by atoms with E-state index in [2.05, 4.69) is 0 Å². The molecule has 1 aromatic rings. The number of phenolic OH excluding ortho intramolecular Hbond substituents is 1. The van der Waals surface area contributed by atoms with Crippen LogP contribution in [0.4, 0.5) is 0 Å². The van der Waals surface area contributed by atoms with Crippen molar-refractivity contribution in [3.05, 3.63) is 23.3 Å². The van der Waals surface area contributed by atoms with Crippen LogP contribution >= 0.6 is 0 Å². The van der Waals surface area contributed by atoms with Crippen LogP contribution in [0.15, 0.2) is 12.1 Å². The third kappa shape index (κ3) is 2.94. The van der Waals surface area contributed by atoms with Gasteiger partial charge in [0.1, 0.15) is 0 Å². The fourth-order valence-corrected chi connectivity index (χ4v) is 1.49. The van der Waals surface area contributed by atoms with Gasteiger partial charge in [0.05, 0.1) is 13.5 Å². The zero-order valence-corrected chi connectivity index (χ0v) is 9.21. The van der Waals surface area contributed by atoms with Gasteiger partial charge < -0.3 is 20.7 Å². The van der Waals surface area contributed by atoms with Crippen molar-refractivity contribution in [2.24, 2.45) is 5.73 Å². The van der Waals surface area contributed by atoms with Crippen molar-refractivity contribution in [2.75, 3.05) is 7.11 Å². The average molecular weight is 239 g/mol. The second-order valence-electron chi connectivity index (χ2n) is 3.48. The highest BCUT2D eigenvalue weighted by molar-refractivity contribution is 5.80. The quantitative estimate of drug-likeness (QED) is 0.652. The number of carbonyl (C=O) groups excluding carboxylic acids is 1. The maximum absolute atomic E-state index is 10.8. The highest BCUT2D eigenvalue weighted by Gasteiger charge is 2.17. The number of carbonyl (C=O) groups is 2. The van der Waals surface area contributed by atoms with Crippen LogP contribution in [-0.2, 0) is 4.79 Å². The van der Waals surface area contributed by atoms with Crippen molar-refractivity contribution < 1.29 is 24.5 Å². The molecule has 0 heterocycles. The minimum atomic E-state index is -1.07. The van der Waals surface area contributed by atoms with Gasteiger partial charge in [0.25, 0.3) is 0 Å². The van der Waals surface area contributed by atoms with E-state index in [4.69, 9.17) is 15.6 Å². The van der Waals surface area contributed by atoms with Crippen molar-refractivity contribution >= 4 is 12.3 Å². The van der Waals surface area contributed by atoms with Gasteiger partial charge in [-0.1, -0.05) is 0 Å². The van der Waals surface area contributed by atoms with Crippen LogP contribution in [-0.4, -0.2) is 29.6 Å². The highest BCUT2D eigenvalue weighted by Crippen LogP contribution is 2.31. The molecule has 0 aromatic heterocycles. The van der Waals surface area contributed by atoms with E-state index in [9.17, 15) is 14.7 Å². The molecule has 0 aliphatic heterocycles. The summed E-state index contributed by atoms with van der Waals surface area (Å²) in [5.41, 5.74) is 6.15. The summed E-state index contributed by atoms with van der Waals surface area (Å²) in [5.74, 6) is -1.12. The summed E-state index contributed by atoms with van der Waals surface area (Å²) >= 11 is 0. The number of aliphatic carboxylic acids is 1. The molecule has 1 unspecified atom stereocenters. The smallest absolute Gasteiger partial charge is 0.305 e. The molecule has 17 heavy (non-hydrogen) atoms. The van der Waals surface area contributed by atoms with Gasteiger partial charge in [-0.3, -0.25) is 9.59 Å². The fourth-order valence-electron chi connectivity index (χ4n) is 1.49. The standard InChI is InChI=1S/C11H13NO5/c1-17-10-3-7(8(12)4-11(15)16)6(5-13)2-9(10)14/h2-3,5,8,14H,4,12H2,1H3,(H,15,16). The largest absolute Gasteiger partial charge is 0.504 e. The van der Waals surface area contributed by atoms with Crippen molar-refractivity contribution in [3.8, 4) is 11.5 Å². The first-order chi connectivity index (χ1) is 7.99. The Morgan fingerprint density at radius 2 is 2.24 bits per heavy atom. The first-order valence-electron chi connectivity index (χ1n) is 4.83. The number of methoxy groups -OCH3 is 1. The van der Waals surface area contributed by atoms with Crippen LogP contribution in [0.2, 0.25) is 0 Å². The Labute approximate surface area is 97.6 Å². The number of benzene rings is 1. The summed E-state index contributed by atoms with van der Waals surface area (Å²) in [6, 6.07) is 1.73. The molecule has 0 radical (unpaired) electrons. The second-order valence-corrected chi connectivity index (χ2v) is 3.48. The molecule has 1 atom stereocenters. The topological polar surface area (TPSA) is 110 Å². The fraction of sp³-hybridized carbons (Fsp3) is 0.273. The number of nitrogens with two attached hydrogens (primary N) is 1. The molecule has 0 amide bonds.